The molecule has 0 aromatic heterocycles. The largest absolute Gasteiger partial charge is 0.179 e. The van der Waals surface area contributed by atoms with Crippen LogP contribution in [-0.4, -0.2) is 5.75 Å². The summed E-state index contributed by atoms with van der Waals surface area (Å²) in [4.78, 5) is 0. The summed E-state index contributed by atoms with van der Waals surface area (Å²) in [5.41, 5.74) is 1.17. The van der Waals surface area contributed by atoms with E-state index in [1.54, 1.807) is 0 Å². The molecular weight excluding hydrogens is 272 g/mol. The minimum Gasteiger partial charge on any atom is -0.179 e. The Kier molecular flexibility index (Phi) is 16.8. The van der Waals surface area contributed by atoms with Crippen LogP contribution in [0.3, 0.4) is 0 Å². The van der Waals surface area contributed by atoms with Gasteiger partial charge in [-0.1, -0.05) is 108 Å². The smallest absolute Gasteiger partial charge is 0.00979 e. The zero-order valence-corrected chi connectivity index (χ0v) is 14.8. The van der Waals surface area contributed by atoms with Crippen molar-refractivity contribution in [2.45, 2.75) is 71.1 Å². The average molecular weight is 307 g/mol. The second kappa shape index (κ2) is 17.4. The molecule has 21 heavy (non-hydrogen) atoms. The second-order valence-electron chi connectivity index (χ2n) is 5.52. The van der Waals surface area contributed by atoms with E-state index in [0.717, 1.165) is 5.75 Å². The molecule has 0 saturated carbocycles. The highest BCUT2D eigenvalue weighted by Crippen LogP contribution is 2.10. The molecule has 0 aliphatic rings. The molecule has 0 amide bonds. The Morgan fingerprint density at radius 2 is 1.29 bits per heavy atom. The van der Waals surface area contributed by atoms with E-state index in [9.17, 15) is 0 Å². The van der Waals surface area contributed by atoms with Crippen LogP contribution in [0.1, 0.15) is 76.7 Å². The van der Waals surface area contributed by atoms with Crippen LogP contribution in [0.4, 0.5) is 0 Å². The van der Waals surface area contributed by atoms with Crippen molar-refractivity contribution in [1.29, 1.82) is 0 Å². The first-order chi connectivity index (χ1) is 10.3. The Bertz CT molecular complexity index is 295. The first-order valence-electron chi connectivity index (χ1n) is 8.63. The molecule has 0 heterocycles. The normalized spacial score (nSPS) is 9.81. The molecule has 0 spiro atoms. The summed E-state index contributed by atoms with van der Waals surface area (Å²) >= 11 is 4.20. The number of benzene rings is 1. The van der Waals surface area contributed by atoms with Crippen molar-refractivity contribution >= 4 is 18.7 Å². The van der Waals surface area contributed by atoms with Gasteiger partial charge in [-0.3, -0.25) is 0 Å². The van der Waals surface area contributed by atoms with Gasteiger partial charge in [0.25, 0.3) is 0 Å². The maximum absolute atomic E-state index is 4.20. The van der Waals surface area contributed by atoms with Crippen molar-refractivity contribution in [2.24, 2.45) is 0 Å². The molecule has 0 radical (unpaired) electrons. The summed E-state index contributed by atoms with van der Waals surface area (Å²) in [5, 5.41) is 0. The van der Waals surface area contributed by atoms with E-state index < -0.39 is 0 Å². The molecule has 0 unspecified atom stereocenters. The Hall–Kier alpha value is -0.690. The van der Waals surface area contributed by atoms with Crippen LogP contribution in [0.2, 0.25) is 0 Å². The van der Waals surface area contributed by atoms with Crippen LogP contribution in [0.15, 0.2) is 36.9 Å². The van der Waals surface area contributed by atoms with E-state index in [-0.39, 0.29) is 0 Å². The van der Waals surface area contributed by atoms with Crippen molar-refractivity contribution in [3.05, 3.63) is 42.5 Å². The number of rotatable bonds is 11. The van der Waals surface area contributed by atoms with E-state index in [0.29, 0.717) is 0 Å². The SMILES string of the molecule is C=Cc1ccccc1.CCCCCCCCCCCCS. The summed E-state index contributed by atoms with van der Waals surface area (Å²) in [6.45, 7) is 5.91. The Balaban J connectivity index is 0.000000423. The maximum Gasteiger partial charge on any atom is -0.00979 e. The van der Waals surface area contributed by atoms with Gasteiger partial charge in [-0.15, -0.1) is 0 Å². The lowest BCUT2D eigenvalue weighted by Gasteiger charge is -2.00. The van der Waals surface area contributed by atoms with Crippen molar-refractivity contribution in [2.75, 3.05) is 5.75 Å². The number of hydrogen-bond donors (Lipinski definition) is 1. The third-order valence-corrected chi connectivity index (χ3v) is 3.86. The average Bonchev–Trinajstić information content (AvgIpc) is 2.55. The van der Waals surface area contributed by atoms with Gasteiger partial charge in [0, 0.05) is 0 Å². The van der Waals surface area contributed by atoms with Gasteiger partial charge in [0.2, 0.25) is 0 Å². The fourth-order valence-electron chi connectivity index (χ4n) is 2.19. The lowest BCUT2D eigenvalue weighted by molar-refractivity contribution is 0.563. The van der Waals surface area contributed by atoms with Crippen LogP contribution >= 0.6 is 12.6 Å². The Morgan fingerprint density at radius 3 is 1.67 bits per heavy atom. The van der Waals surface area contributed by atoms with Gasteiger partial charge in [0.05, 0.1) is 0 Å². The fraction of sp³-hybridized carbons (Fsp3) is 0.600. The standard InChI is InChI=1S/C12H26S.C8H8/c1-2-3-4-5-6-7-8-9-10-11-12-13;1-2-8-6-4-3-5-7-8/h13H,2-12H2,1H3;2-7H,1H2. The molecule has 0 atom stereocenters. The predicted molar refractivity (Wildman–Crippen MR) is 102 cm³/mol. The lowest BCUT2D eigenvalue weighted by Crippen LogP contribution is -1.81. The van der Waals surface area contributed by atoms with Crippen molar-refractivity contribution in [1.82, 2.24) is 0 Å². The van der Waals surface area contributed by atoms with Gasteiger partial charge >= 0.3 is 0 Å². The summed E-state index contributed by atoms with van der Waals surface area (Å²) in [5.74, 6) is 1.07. The quantitative estimate of drug-likeness (QED) is 0.325. The fourth-order valence-corrected chi connectivity index (χ4v) is 2.41. The van der Waals surface area contributed by atoms with Gasteiger partial charge < -0.3 is 0 Å². The van der Waals surface area contributed by atoms with Crippen LogP contribution in [0.5, 0.6) is 0 Å². The highest BCUT2D eigenvalue weighted by atomic mass is 32.1. The summed E-state index contributed by atoms with van der Waals surface area (Å²) in [6, 6.07) is 10.0. The van der Waals surface area contributed by atoms with Crippen LogP contribution < -0.4 is 0 Å². The second-order valence-corrected chi connectivity index (χ2v) is 5.97. The molecule has 0 aliphatic carbocycles. The summed E-state index contributed by atoms with van der Waals surface area (Å²) < 4.78 is 0. The molecule has 1 aromatic rings. The molecule has 0 aliphatic heterocycles. The Labute approximate surface area is 138 Å². The van der Waals surface area contributed by atoms with Gasteiger partial charge in [0.1, 0.15) is 0 Å². The van der Waals surface area contributed by atoms with Gasteiger partial charge in [-0.25, -0.2) is 0 Å². The maximum atomic E-state index is 4.20. The number of unbranched alkanes of at least 4 members (excludes halogenated alkanes) is 9. The summed E-state index contributed by atoms with van der Waals surface area (Å²) in [7, 11) is 0. The number of thiol groups is 1. The van der Waals surface area contributed by atoms with Gasteiger partial charge in [0.15, 0.2) is 0 Å². The zero-order valence-electron chi connectivity index (χ0n) is 13.9. The molecule has 1 rings (SSSR count). The monoisotopic (exact) mass is 306 g/mol. The van der Waals surface area contributed by atoms with E-state index >= 15 is 0 Å². The van der Waals surface area contributed by atoms with Crippen LogP contribution in [0.25, 0.3) is 6.08 Å². The third kappa shape index (κ3) is 15.5. The van der Waals surface area contributed by atoms with Crippen molar-refractivity contribution in [3.8, 4) is 0 Å². The molecular formula is C20H34S. The molecule has 1 heteroatoms. The van der Waals surface area contributed by atoms with Crippen molar-refractivity contribution in [3.63, 3.8) is 0 Å². The van der Waals surface area contributed by atoms with Gasteiger partial charge in [-0.2, -0.15) is 12.6 Å². The van der Waals surface area contributed by atoms with Gasteiger partial charge in [-0.05, 0) is 17.7 Å². The van der Waals surface area contributed by atoms with E-state index in [1.807, 2.05) is 36.4 Å². The molecule has 0 bridgehead atoms. The minimum atomic E-state index is 1.07. The first kappa shape index (κ1) is 20.3. The Morgan fingerprint density at radius 1 is 0.810 bits per heavy atom. The van der Waals surface area contributed by atoms with Crippen LogP contribution in [-0.2, 0) is 0 Å². The topological polar surface area (TPSA) is 0 Å². The van der Waals surface area contributed by atoms with Crippen LogP contribution in [0, 0.1) is 0 Å². The third-order valence-electron chi connectivity index (χ3n) is 3.55. The molecule has 0 N–H and O–H groups in total. The van der Waals surface area contributed by atoms with E-state index in [4.69, 9.17) is 0 Å². The molecule has 120 valence electrons. The zero-order chi connectivity index (χ0) is 15.6. The minimum absolute atomic E-state index is 1.07. The highest BCUT2D eigenvalue weighted by Gasteiger charge is 1.91. The summed E-state index contributed by atoms with van der Waals surface area (Å²) in [6.07, 6.45) is 16.0. The number of hydrogen-bond acceptors (Lipinski definition) is 1. The molecule has 0 fully saturated rings. The van der Waals surface area contributed by atoms with E-state index in [1.165, 1.54) is 69.8 Å². The van der Waals surface area contributed by atoms with E-state index in [2.05, 4.69) is 26.1 Å². The first-order valence-corrected chi connectivity index (χ1v) is 9.26. The molecule has 0 saturated heterocycles. The highest BCUT2D eigenvalue weighted by molar-refractivity contribution is 7.80. The molecule has 1 aromatic carbocycles. The predicted octanol–water partition coefficient (Wildman–Crippen LogP) is 7.17. The molecule has 0 nitrogen and oxygen atoms in total. The lowest BCUT2D eigenvalue weighted by atomic mass is 10.1. The van der Waals surface area contributed by atoms with Crippen molar-refractivity contribution < 1.29 is 0 Å².